The van der Waals surface area contributed by atoms with Gasteiger partial charge in [-0.1, -0.05) is 0 Å². The Morgan fingerprint density at radius 3 is 2.42 bits per heavy atom. The summed E-state index contributed by atoms with van der Waals surface area (Å²) in [6.45, 7) is 1.64. The fraction of sp³-hybridized carbons (Fsp3) is 0.364. The number of benzene rings is 2. The lowest BCUT2D eigenvalue weighted by Gasteiger charge is -2.33. The highest BCUT2D eigenvalue weighted by molar-refractivity contribution is 7.89. The molecule has 0 spiro atoms. The van der Waals surface area contributed by atoms with Crippen LogP contribution in [0.25, 0.3) is 11.0 Å². The van der Waals surface area contributed by atoms with E-state index >= 15 is 0 Å². The summed E-state index contributed by atoms with van der Waals surface area (Å²) in [6.07, 6.45) is 0. The number of fused-ring (bicyclic) bond motifs is 1. The third kappa shape index (κ3) is 4.48. The number of rotatable bonds is 5. The third-order valence-corrected chi connectivity index (χ3v) is 7.75. The van der Waals surface area contributed by atoms with E-state index in [1.54, 1.807) is 26.2 Å². The molecule has 1 aromatic heterocycles. The number of hydrogen-bond donors (Lipinski definition) is 0. The molecule has 1 saturated heterocycles. The molecular formula is C22H25F2N5O3S. The molecule has 0 aliphatic carbocycles. The summed E-state index contributed by atoms with van der Waals surface area (Å²) in [7, 11) is 1.16. The summed E-state index contributed by atoms with van der Waals surface area (Å²) < 4.78 is 56.2. The van der Waals surface area contributed by atoms with E-state index in [-0.39, 0.29) is 19.0 Å². The van der Waals surface area contributed by atoms with E-state index in [1.165, 1.54) is 9.21 Å². The van der Waals surface area contributed by atoms with Crippen LogP contribution in [0.4, 0.5) is 8.78 Å². The van der Waals surface area contributed by atoms with Crippen LogP contribution in [0, 0.1) is 11.6 Å². The molecule has 1 aliphatic rings. The lowest BCUT2D eigenvalue weighted by Crippen LogP contribution is -2.48. The first-order valence-electron chi connectivity index (χ1n) is 10.4. The smallest absolute Gasteiger partial charge is 0.253 e. The first-order chi connectivity index (χ1) is 15.6. The average molecular weight is 478 g/mol. The predicted octanol–water partition coefficient (Wildman–Crippen LogP) is 2.06. The van der Waals surface area contributed by atoms with Crippen molar-refractivity contribution in [1.82, 2.24) is 23.7 Å². The SMILES string of the molecule is CN(C)C(=O)c1ccc2c(c1)nc(CN1CCN(S(=O)(=O)c3cc(F)ccc3F)CC1)n2C. The number of halogens is 2. The molecule has 3 aromatic rings. The van der Waals surface area contributed by atoms with Gasteiger partial charge in [-0.2, -0.15) is 4.31 Å². The van der Waals surface area contributed by atoms with Gasteiger partial charge in [0.15, 0.2) is 0 Å². The van der Waals surface area contributed by atoms with Crippen LogP contribution in [0.5, 0.6) is 0 Å². The van der Waals surface area contributed by atoms with Gasteiger partial charge in [-0.3, -0.25) is 9.69 Å². The zero-order valence-electron chi connectivity index (χ0n) is 18.6. The number of hydrogen-bond acceptors (Lipinski definition) is 5. The number of sulfonamides is 1. The fourth-order valence-corrected chi connectivity index (χ4v) is 5.42. The van der Waals surface area contributed by atoms with Gasteiger partial charge in [-0.15, -0.1) is 0 Å². The molecule has 0 bridgehead atoms. The topological polar surface area (TPSA) is 78.8 Å². The fourth-order valence-electron chi connectivity index (χ4n) is 3.92. The summed E-state index contributed by atoms with van der Waals surface area (Å²) in [4.78, 5) is 19.8. The minimum atomic E-state index is -4.13. The number of piperazine rings is 1. The van der Waals surface area contributed by atoms with Gasteiger partial charge in [0.1, 0.15) is 22.4 Å². The van der Waals surface area contributed by atoms with Gasteiger partial charge in [0.2, 0.25) is 10.0 Å². The van der Waals surface area contributed by atoms with Gasteiger partial charge in [-0.25, -0.2) is 22.2 Å². The van der Waals surface area contributed by atoms with Crippen molar-refractivity contribution >= 4 is 27.0 Å². The lowest BCUT2D eigenvalue weighted by molar-refractivity contribution is 0.0827. The molecule has 0 saturated carbocycles. The van der Waals surface area contributed by atoms with Crippen molar-refractivity contribution in [3.63, 3.8) is 0 Å². The quantitative estimate of drug-likeness (QED) is 0.562. The van der Waals surface area contributed by atoms with Crippen LogP contribution in [0.3, 0.4) is 0 Å². The van der Waals surface area contributed by atoms with Gasteiger partial charge in [0, 0.05) is 52.9 Å². The van der Waals surface area contributed by atoms with E-state index in [9.17, 15) is 22.0 Å². The second-order valence-corrected chi connectivity index (χ2v) is 10.2. The van der Waals surface area contributed by atoms with Crippen LogP contribution in [-0.4, -0.2) is 78.3 Å². The molecule has 0 atom stereocenters. The molecule has 33 heavy (non-hydrogen) atoms. The summed E-state index contributed by atoms with van der Waals surface area (Å²) in [5.74, 6) is -1.08. The van der Waals surface area contributed by atoms with E-state index in [4.69, 9.17) is 0 Å². The van der Waals surface area contributed by atoms with Crippen LogP contribution >= 0.6 is 0 Å². The highest BCUT2D eigenvalue weighted by atomic mass is 32.2. The number of aromatic nitrogens is 2. The molecule has 0 radical (unpaired) electrons. The Morgan fingerprint density at radius 2 is 1.76 bits per heavy atom. The van der Waals surface area contributed by atoms with E-state index in [0.29, 0.717) is 36.8 Å². The number of carbonyl (C=O) groups is 1. The minimum absolute atomic E-state index is 0.101. The Balaban J connectivity index is 1.47. The maximum Gasteiger partial charge on any atom is 0.253 e. The van der Waals surface area contributed by atoms with Crippen molar-refractivity contribution in [3.8, 4) is 0 Å². The van der Waals surface area contributed by atoms with Crippen LogP contribution in [-0.2, 0) is 23.6 Å². The normalized spacial score (nSPS) is 15.8. The largest absolute Gasteiger partial charge is 0.345 e. The molecule has 8 nitrogen and oxygen atoms in total. The van der Waals surface area contributed by atoms with Crippen molar-refractivity contribution < 1.29 is 22.0 Å². The molecule has 1 amide bonds. The van der Waals surface area contributed by atoms with Gasteiger partial charge in [0.05, 0.1) is 17.6 Å². The minimum Gasteiger partial charge on any atom is -0.345 e. The Kier molecular flexibility index (Phi) is 6.21. The number of nitrogens with zero attached hydrogens (tertiary/aromatic N) is 5. The zero-order chi connectivity index (χ0) is 23.9. The number of carbonyl (C=O) groups excluding carboxylic acids is 1. The summed E-state index contributed by atoms with van der Waals surface area (Å²) >= 11 is 0. The van der Waals surface area contributed by atoms with Gasteiger partial charge >= 0.3 is 0 Å². The standard InChI is InChI=1S/C22H25F2N5O3S/c1-26(2)22(30)15-4-7-19-18(12-15)25-21(27(19)3)14-28-8-10-29(11-9-28)33(31,32)20-13-16(23)5-6-17(20)24/h4-7,12-13H,8-11,14H2,1-3H3. The van der Waals surface area contributed by atoms with Crippen molar-refractivity contribution in [2.24, 2.45) is 7.05 Å². The van der Waals surface area contributed by atoms with Crippen molar-refractivity contribution in [2.45, 2.75) is 11.4 Å². The second-order valence-electron chi connectivity index (χ2n) is 8.25. The highest BCUT2D eigenvalue weighted by Gasteiger charge is 2.31. The Hall–Kier alpha value is -2.89. The summed E-state index contributed by atoms with van der Waals surface area (Å²) in [5, 5.41) is 0. The van der Waals surface area contributed by atoms with Crippen LogP contribution in [0.1, 0.15) is 16.2 Å². The monoisotopic (exact) mass is 477 g/mol. The highest BCUT2D eigenvalue weighted by Crippen LogP contribution is 2.23. The Morgan fingerprint density at radius 1 is 1.06 bits per heavy atom. The maximum absolute atomic E-state index is 14.0. The molecule has 1 aliphatic heterocycles. The molecule has 0 N–H and O–H groups in total. The Bertz CT molecular complexity index is 1320. The molecular weight excluding hydrogens is 452 g/mol. The van der Waals surface area contributed by atoms with Gasteiger partial charge < -0.3 is 9.47 Å². The average Bonchev–Trinajstić information content (AvgIpc) is 3.09. The van der Waals surface area contributed by atoms with Gasteiger partial charge in [-0.05, 0) is 36.4 Å². The lowest BCUT2D eigenvalue weighted by atomic mass is 10.2. The van der Waals surface area contributed by atoms with Crippen LogP contribution in [0.15, 0.2) is 41.3 Å². The van der Waals surface area contributed by atoms with Crippen molar-refractivity contribution in [2.75, 3.05) is 40.3 Å². The van der Waals surface area contributed by atoms with Crippen LogP contribution in [0.2, 0.25) is 0 Å². The second kappa shape index (κ2) is 8.81. The summed E-state index contributed by atoms with van der Waals surface area (Å²) in [5.41, 5.74) is 2.16. The first-order valence-corrected chi connectivity index (χ1v) is 11.9. The van der Waals surface area contributed by atoms with E-state index < -0.39 is 26.6 Å². The molecule has 2 heterocycles. The molecule has 2 aromatic carbocycles. The molecule has 0 unspecified atom stereocenters. The molecule has 11 heteroatoms. The van der Waals surface area contributed by atoms with Gasteiger partial charge in [0.25, 0.3) is 5.91 Å². The molecule has 176 valence electrons. The van der Waals surface area contributed by atoms with Crippen molar-refractivity contribution in [3.05, 3.63) is 59.4 Å². The predicted molar refractivity (Wildman–Crippen MR) is 119 cm³/mol. The van der Waals surface area contributed by atoms with E-state index in [2.05, 4.69) is 9.88 Å². The third-order valence-electron chi connectivity index (χ3n) is 5.83. The van der Waals surface area contributed by atoms with E-state index in [1.807, 2.05) is 17.7 Å². The zero-order valence-corrected chi connectivity index (χ0v) is 19.4. The number of imidazole rings is 1. The maximum atomic E-state index is 14.0. The van der Waals surface area contributed by atoms with Crippen molar-refractivity contribution in [1.29, 1.82) is 0 Å². The van der Waals surface area contributed by atoms with E-state index in [0.717, 1.165) is 23.5 Å². The number of aryl methyl sites for hydroxylation is 1. The Labute approximate surface area is 191 Å². The van der Waals surface area contributed by atoms with Crippen LogP contribution < -0.4 is 0 Å². The first kappa shape index (κ1) is 23.3. The molecule has 4 rings (SSSR count). The number of amides is 1. The summed E-state index contributed by atoms with van der Waals surface area (Å²) in [6, 6.07) is 7.82. The molecule has 1 fully saturated rings.